The Bertz CT molecular complexity index is 345. The number of hydrogen-bond donors (Lipinski definition) is 0. The van der Waals surface area contributed by atoms with E-state index in [-0.39, 0.29) is 6.10 Å². The van der Waals surface area contributed by atoms with E-state index in [9.17, 15) is 0 Å². The monoisotopic (exact) mass is 270 g/mol. The van der Waals surface area contributed by atoms with E-state index in [1.165, 1.54) is 0 Å². The Balaban J connectivity index is 2.21. The van der Waals surface area contributed by atoms with Gasteiger partial charge >= 0.3 is 0 Å². The summed E-state index contributed by atoms with van der Waals surface area (Å²) in [6, 6.07) is 6.39. The third-order valence-electron chi connectivity index (χ3n) is 2.60. The Morgan fingerprint density at radius 3 is 3.00 bits per heavy atom. The van der Waals surface area contributed by atoms with Crippen LogP contribution in [0.2, 0.25) is 0 Å². The van der Waals surface area contributed by atoms with Crippen LogP contribution in [-0.4, -0.2) is 30.3 Å². The summed E-state index contributed by atoms with van der Waals surface area (Å²) in [5.74, 6) is 1.02. The molecule has 0 aliphatic carbocycles. The fourth-order valence-electron chi connectivity index (χ4n) is 1.78. The summed E-state index contributed by atoms with van der Waals surface area (Å²) in [6.45, 7) is 5.94. The van der Waals surface area contributed by atoms with Crippen molar-refractivity contribution in [3.8, 4) is 0 Å². The van der Waals surface area contributed by atoms with Crippen LogP contribution >= 0.6 is 15.9 Å². The number of halogens is 1. The topological polar surface area (TPSA) is 25.4 Å². The predicted octanol–water partition coefficient (Wildman–Crippen LogP) is 2.46. The van der Waals surface area contributed by atoms with Gasteiger partial charge in [0.25, 0.3) is 0 Å². The summed E-state index contributed by atoms with van der Waals surface area (Å²) >= 11 is 3.39. The normalized spacial score (nSPS) is 26.7. The van der Waals surface area contributed by atoms with Crippen LogP contribution in [0, 0.1) is 0 Å². The Morgan fingerprint density at radius 1 is 1.47 bits per heavy atom. The van der Waals surface area contributed by atoms with Gasteiger partial charge in [-0.2, -0.15) is 0 Å². The summed E-state index contributed by atoms with van der Waals surface area (Å²) in [6.07, 6.45) is 0.280. The van der Waals surface area contributed by atoms with Crippen LogP contribution < -0.4 is 4.90 Å². The van der Waals surface area contributed by atoms with E-state index in [2.05, 4.69) is 39.7 Å². The van der Waals surface area contributed by atoms with E-state index in [0.29, 0.717) is 6.04 Å². The molecule has 15 heavy (non-hydrogen) atoms. The molecule has 4 heteroatoms. The van der Waals surface area contributed by atoms with Crippen molar-refractivity contribution in [2.75, 3.05) is 18.1 Å². The number of pyridine rings is 1. The van der Waals surface area contributed by atoms with Gasteiger partial charge in [0.2, 0.25) is 0 Å². The third-order valence-corrected chi connectivity index (χ3v) is 3.04. The standard InChI is InChI=1S/C11H15BrN2O/c1-8-7-15-9(2)6-14(8)11-5-3-4-10(12)13-11/h3-5,8-9H,6-7H2,1-2H3. The minimum atomic E-state index is 0.280. The van der Waals surface area contributed by atoms with Gasteiger partial charge in [0, 0.05) is 6.54 Å². The van der Waals surface area contributed by atoms with Gasteiger partial charge in [0.15, 0.2) is 0 Å². The van der Waals surface area contributed by atoms with Crippen LogP contribution in [-0.2, 0) is 4.74 Å². The highest BCUT2D eigenvalue weighted by Gasteiger charge is 2.24. The second-order valence-corrected chi connectivity index (χ2v) is 4.78. The Morgan fingerprint density at radius 2 is 2.27 bits per heavy atom. The zero-order valence-electron chi connectivity index (χ0n) is 8.98. The van der Waals surface area contributed by atoms with E-state index in [4.69, 9.17) is 4.74 Å². The van der Waals surface area contributed by atoms with E-state index in [0.717, 1.165) is 23.6 Å². The molecule has 2 rings (SSSR count). The number of anilines is 1. The Kier molecular flexibility index (Phi) is 3.26. The first kappa shape index (κ1) is 10.9. The molecular formula is C11H15BrN2O. The molecule has 2 unspecified atom stereocenters. The van der Waals surface area contributed by atoms with E-state index >= 15 is 0 Å². The van der Waals surface area contributed by atoms with Gasteiger partial charge in [-0.25, -0.2) is 4.98 Å². The maximum atomic E-state index is 5.59. The second kappa shape index (κ2) is 4.49. The van der Waals surface area contributed by atoms with Gasteiger partial charge in [-0.15, -0.1) is 0 Å². The van der Waals surface area contributed by atoms with Gasteiger partial charge in [-0.3, -0.25) is 0 Å². The molecule has 0 amide bonds. The zero-order chi connectivity index (χ0) is 10.8. The quantitative estimate of drug-likeness (QED) is 0.734. The van der Waals surface area contributed by atoms with Gasteiger partial charge in [0.05, 0.1) is 18.8 Å². The summed E-state index contributed by atoms with van der Waals surface area (Å²) in [4.78, 5) is 6.76. The molecule has 3 nitrogen and oxygen atoms in total. The van der Waals surface area contributed by atoms with Gasteiger partial charge in [-0.05, 0) is 41.9 Å². The van der Waals surface area contributed by atoms with E-state index in [1.54, 1.807) is 0 Å². The van der Waals surface area contributed by atoms with Crippen LogP contribution in [0.25, 0.3) is 0 Å². The molecule has 0 N–H and O–H groups in total. The lowest BCUT2D eigenvalue weighted by atomic mass is 10.2. The van der Waals surface area contributed by atoms with E-state index in [1.807, 2.05) is 18.2 Å². The average molecular weight is 271 g/mol. The number of nitrogens with zero attached hydrogens (tertiary/aromatic N) is 2. The molecular weight excluding hydrogens is 256 g/mol. The predicted molar refractivity (Wildman–Crippen MR) is 64.2 cm³/mol. The zero-order valence-corrected chi connectivity index (χ0v) is 10.6. The minimum absolute atomic E-state index is 0.280. The molecule has 0 radical (unpaired) electrons. The third kappa shape index (κ3) is 2.49. The lowest BCUT2D eigenvalue weighted by molar-refractivity contribution is 0.0340. The summed E-state index contributed by atoms with van der Waals surface area (Å²) in [7, 11) is 0. The fraction of sp³-hybridized carbons (Fsp3) is 0.545. The first-order valence-electron chi connectivity index (χ1n) is 5.17. The van der Waals surface area contributed by atoms with Crippen molar-refractivity contribution >= 4 is 21.7 Å². The minimum Gasteiger partial charge on any atom is -0.375 e. The molecule has 82 valence electrons. The highest BCUT2D eigenvalue weighted by atomic mass is 79.9. The smallest absolute Gasteiger partial charge is 0.130 e. The fourth-order valence-corrected chi connectivity index (χ4v) is 2.11. The van der Waals surface area contributed by atoms with Crippen molar-refractivity contribution in [2.45, 2.75) is 26.0 Å². The van der Waals surface area contributed by atoms with Crippen molar-refractivity contribution < 1.29 is 4.74 Å². The van der Waals surface area contributed by atoms with Crippen molar-refractivity contribution in [2.24, 2.45) is 0 Å². The lowest BCUT2D eigenvalue weighted by Gasteiger charge is -2.37. The molecule has 1 aliphatic heterocycles. The molecule has 1 aromatic rings. The van der Waals surface area contributed by atoms with Gasteiger partial charge < -0.3 is 9.64 Å². The Labute approximate surface area is 98.6 Å². The average Bonchev–Trinajstić information content (AvgIpc) is 2.22. The highest BCUT2D eigenvalue weighted by Crippen LogP contribution is 2.21. The van der Waals surface area contributed by atoms with Crippen molar-refractivity contribution in [3.63, 3.8) is 0 Å². The lowest BCUT2D eigenvalue weighted by Crippen LogP contribution is -2.47. The van der Waals surface area contributed by atoms with Crippen LogP contribution in [0.15, 0.2) is 22.8 Å². The van der Waals surface area contributed by atoms with Gasteiger partial charge in [-0.1, -0.05) is 6.07 Å². The van der Waals surface area contributed by atoms with E-state index < -0.39 is 0 Å². The van der Waals surface area contributed by atoms with Crippen LogP contribution in [0.1, 0.15) is 13.8 Å². The molecule has 1 fully saturated rings. The highest BCUT2D eigenvalue weighted by molar-refractivity contribution is 9.10. The maximum absolute atomic E-state index is 5.59. The molecule has 0 spiro atoms. The molecule has 0 saturated carbocycles. The first-order chi connectivity index (χ1) is 7.16. The molecule has 0 bridgehead atoms. The Hall–Kier alpha value is -0.610. The molecule has 1 saturated heterocycles. The summed E-state index contributed by atoms with van der Waals surface area (Å²) in [5, 5.41) is 0. The number of ether oxygens (including phenoxy) is 1. The molecule has 2 heterocycles. The van der Waals surface area contributed by atoms with Crippen LogP contribution in [0.4, 0.5) is 5.82 Å². The number of hydrogen-bond acceptors (Lipinski definition) is 3. The molecule has 1 aliphatic rings. The first-order valence-corrected chi connectivity index (χ1v) is 5.97. The number of aromatic nitrogens is 1. The summed E-state index contributed by atoms with van der Waals surface area (Å²) < 4.78 is 6.47. The largest absolute Gasteiger partial charge is 0.375 e. The van der Waals surface area contributed by atoms with Crippen LogP contribution in [0.5, 0.6) is 0 Å². The number of rotatable bonds is 1. The second-order valence-electron chi connectivity index (χ2n) is 3.96. The van der Waals surface area contributed by atoms with Crippen molar-refractivity contribution in [1.82, 2.24) is 4.98 Å². The SMILES string of the molecule is CC1CN(c2cccc(Br)n2)C(C)CO1. The molecule has 1 aromatic heterocycles. The maximum Gasteiger partial charge on any atom is 0.130 e. The summed E-state index contributed by atoms with van der Waals surface area (Å²) in [5.41, 5.74) is 0. The number of morpholine rings is 1. The van der Waals surface area contributed by atoms with Crippen molar-refractivity contribution in [3.05, 3.63) is 22.8 Å². The van der Waals surface area contributed by atoms with Crippen molar-refractivity contribution in [1.29, 1.82) is 0 Å². The van der Waals surface area contributed by atoms with Gasteiger partial charge in [0.1, 0.15) is 10.4 Å². The molecule has 0 aromatic carbocycles. The van der Waals surface area contributed by atoms with Crippen LogP contribution in [0.3, 0.4) is 0 Å². The molecule has 2 atom stereocenters.